The van der Waals surface area contributed by atoms with Crippen molar-refractivity contribution in [2.24, 2.45) is 0 Å². The highest BCUT2D eigenvalue weighted by Gasteiger charge is 2.19. The molecule has 0 fully saturated rings. The van der Waals surface area contributed by atoms with E-state index in [1.165, 1.54) is 6.07 Å². The number of aromatic nitrogens is 3. The minimum atomic E-state index is -0.171. The van der Waals surface area contributed by atoms with E-state index >= 15 is 0 Å². The summed E-state index contributed by atoms with van der Waals surface area (Å²) < 4.78 is 1.97. The van der Waals surface area contributed by atoms with Gasteiger partial charge in [0.2, 0.25) is 10.8 Å². The predicted molar refractivity (Wildman–Crippen MR) is 104 cm³/mol. The lowest BCUT2D eigenvalue weighted by molar-refractivity contribution is 0.806. The lowest BCUT2D eigenvalue weighted by Crippen LogP contribution is -2.04. The Labute approximate surface area is 155 Å². The number of benzene rings is 2. The highest BCUT2D eigenvalue weighted by atomic mass is 35.5. The van der Waals surface area contributed by atoms with Crippen LogP contribution >= 0.6 is 11.6 Å². The highest BCUT2D eigenvalue weighted by molar-refractivity contribution is 6.29. The second-order valence-corrected chi connectivity index (χ2v) is 6.30. The van der Waals surface area contributed by atoms with Gasteiger partial charge < -0.3 is 9.55 Å². The fourth-order valence-electron chi connectivity index (χ4n) is 3.02. The van der Waals surface area contributed by atoms with Crippen LogP contribution < -0.4 is 5.56 Å². The first-order valence-corrected chi connectivity index (χ1v) is 8.64. The Hall–Kier alpha value is -3.11. The van der Waals surface area contributed by atoms with Crippen LogP contribution in [0.3, 0.4) is 0 Å². The number of halogens is 1. The van der Waals surface area contributed by atoms with Gasteiger partial charge in [0.05, 0.1) is 17.9 Å². The van der Waals surface area contributed by atoms with Gasteiger partial charge >= 0.3 is 0 Å². The van der Waals surface area contributed by atoms with Crippen LogP contribution in [0, 0.1) is 0 Å². The lowest BCUT2D eigenvalue weighted by Gasteiger charge is -2.11. The van der Waals surface area contributed by atoms with Crippen molar-refractivity contribution in [3.63, 3.8) is 0 Å². The molecule has 0 amide bonds. The van der Waals surface area contributed by atoms with Gasteiger partial charge in [-0.05, 0) is 23.2 Å². The molecule has 0 aliphatic rings. The van der Waals surface area contributed by atoms with Crippen LogP contribution in [-0.2, 0) is 6.54 Å². The Kier molecular flexibility index (Phi) is 4.42. The van der Waals surface area contributed by atoms with Gasteiger partial charge in [0.15, 0.2) is 0 Å². The second-order valence-electron chi connectivity index (χ2n) is 5.96. The molecule has 128 valence electrons. The largest absolute Gasteiger partial charge is 0.329 e. The van der Waals surface area contributed by atoms with Crippen LogP contribution in [0.25, 0.3) is 22.5 Å². The summed E-state index contributed by atoms with van der Waals surface area (Å²) in [5.41, 5.74) is 4.28. The molecular formula is C21H16ClN3O. The summed E-state index contributed by atoms with van der Waals surface area (Å²) in [4.78, 5) is 19.0. The molecule has 0 saturated carbocycles. The fraction of sp³-hybridized carbons (Fsp3) is 0.0476. The second kappa shape index (κ2) is 7.02. The van der Waals surface area contributed by atoms with Crippen molar-refractivity contribution in [3.05, 3.63) is 100 Å². The zero-order valence-electron chi connectivity index (χ0n) is 13.9. The van der Waals surface area contributed by atoms with E-state index in [1.807, 2.05) is 59.2 Å². The minimum absolute atomic E-state index is 0.171. The first-order valence-electron chi connectivity index (χ1n) is 8.27. The van der Waals surface area contributed by atoms with Gasteiger partial charge in [-0.15, -0.1) is 0 Å². The number of aromatic amines is 1. The Balaban J connectivity index is 1.93. The molecule has 0 spiro atoms. The molecule has 0 radical (unpaired) electrons. The molecule has 0 unspecified atom stereocenters. The Morgan fingerprint density at radius 2 is 1.62 bits per heavy atom. The minimum Gasteiger partial charge on any atom is -0.329 e. The highest BCUT2D eigenvalue weighted by Crippen LogP contribution is 2.34. The fourth-order valence-corrected chi connectivity index (χ4v) is 3.25. The molecule has 4 nitrogen and oxygen atoms in total. The Bertz CT molecular complexity index is 1090. The molecule has 26 heavy (non-hydrogen) atoms. The molecule has 1 N–H and O–H groups in total. The molecule has 2 aromatic heterocycles. The van der Waals surface area contributed by atoms with E-state index in [2.05, 4.69) is 22.1 Å². The first kappa shape index (κ1) is 16.4. The summed E-state index contributed by atoms with van der Waals surface area (Å²) in [5, 5.41) is 0.392. The normalized spacial score (nSPS) is 10.8. The van der Waals surface area contributed by atoms with Gasteiger partial charge in [-0.25, -0.2) is 4.98 Å². The summed E-state index contributed by atoms with van der Waals surface area (Å²) in [7, 11) is 0. The van der Waals surface area contributed by atoms with Crippen molar-refractivity contribution in [3.8, 4) is 22.5 Å². The number of H-pyrrole nitrogens is 1. The van der Waals surface area contributed by atoms with Crippen molar-refractivity contribution in [1.82, 2.24) is 14.5 Å². The van der Waals surface area contributed by atoms with Crippen LogP contribution in [0.4, 0.5) is 0 Å². The summed E-state index contributed by atoms with van der Waals surface area (Å²) in [6.07, 6.45) is 1.62. The van der Waals surface area contributed by atoms with Gasteiger partial charge in [0.25, 0.3) is 0 Å². The van der Waals surface area contributed by atoms with Crippen molar-refractivity contribution in [2.75, 3.05) is 0 Å². The first-order chi connectivity index (χ1) is 12.7. The van der Waals surface area contributed by atoms with Crippen LogP contribution in [0.2, 0.25) is 5.28 Å². The zero-order chi connectivity index (χ0) is 17.9. The number of rotatable bonds is 4. The van der Waals surface area contributed by atoms with Crippen molar-refractivity contribution < 1.29 is 0 Å². The van der Waals surface area contributed by atoms with Crippen molar-refractivity contribution in [2.45, 2.75) is 6.54 Å². The maximum Gasteiger partial charge on any atom is 0.248 e. The van der Waals surface area contributed by atoms with Crippen LogP contribution in [0.15, 0.2) is 83.8 Å². The van der Waals surface area contributed by atoms with Gasteiger partial charge in [0.1, 0.15) is 0 Å². The third-order valence-electron chi connectivity index (χ3n) is 4.20. The Morgan fingerprint density at radius 3 is 2.31 bits per heavy atom. The number of nitrogens with zero attached hydrogens (tertiary/aromatic N) is 2. The van der Waals surface area contributed by atoms with E-state index in [4.69, 9.17) is 11.6 Å². The van der Waals surface area contributed by atoms with E-state index in [0.29, 0.717) is 17.5 Å². The average molecular weight is 362 g/mol. The van der Waals surface area contributed by atoms with Crippen molar-refractivity contribution in [1.29, 1.82) is 0 Å². The molecule has 4 rings (SSSR count). The van der Waals surface area contributed by atoms with Gasteiger partial charge in [-0.3, -0.25) is 4.79 Å². The molecule has 0 saturated heterocycles. The monoisotopic (exact) mass is 361 g/mol. The number of hydrogen-bond acceptors (Lipinski definition) is 2. The summed E-state index contributed by atoms with van der Waals surface area (Å²) in [6, 6.07) is 23.4. The number of nitrogens with one attached hydrogen (secondary N) is 1. The molecular weight excluding hydrogens is 346 g/mol. The summed E-state index contributed by atoms with van der Waals surface area (Å²) in [6.45, 7) is 0.597. The van der Waals surface area contributed by atoms with Crippen LogP contribution in [0.1, 0.15) is 5.56 Å². The molecule has 0 aliphatic carbocycles. The third-order valence-corrected chi connectivity index (χ3v) is 4.49. The summed E-state index contributed by atoms with van der Waals surface area (Å²) >= 11 is 6.51. The van der Waals surface area contributed by atoms with Crippen LogP contribution in [-0.4, -0.2) is 14.5 Å². The van der Waals surface area contributed by atoms with E-state index in [0.717, 1.165) is 22.4 Å². The smallest absolute Gasteiger partial charge is 0.248 e. The molecule has 0 atom stereocenters. The van der Waals surface area contributed by atoms with Crippen LogP contribution in [0.5, 0.6) is 0 Å². The number of pyridine rings is 1. The molecule has 2 aromatic carbocycles. The number of imidazole rings is 1. The zero-order valence-corrected chi connectivity index (χ0v) is 14.6. The maximum atomic E-state index is 11.8. The molecule has 2 heterocycles. The van der Waals surface area contributed by atoms with E-state index in [-0.39, 0.29) is 5.56 Å². The molecule has 5 heteroatoms. The average Bonchev–Trinajstić information content (AvgIpc) is 3.00. The molecule has 0 bridgehead atoms. The van der Waals surface area contributed by atoms with E-state index in [9.17, 15) is 4.79 Å². The molecule has 0 aliphatic heterocycles. The number of hydrogen-bond donors (Lipinski definition) is 1. The predicted octanol–water partition coefficient (Wildman–Crippen LogP) is 4.61. The lowest BCUT2D eigenvalue weighted by atomic mass is 10.1. The van der Waals surface area contributed by atoms with Gasteiger partial charge in [-0.1, -0.05) is 60.7 Å². The van der Waals surface area contributed by atoms with E-state index < -0.39 is 0 Å². The van der Waals surface area contributed by atoms with Crippen molar-refractivity contribution >= 4 is 11.6 Å². The standard InChI is InChI=1S/C21H16ClN3O/c22-21-24-19(17-11-12-23-18(26)13-17)20(16-9-5-2-6-10-16)25(21)14-15-7-3-1-4-8-15/h1-13H,14H2,(H,23,26). The van der Waals surface area contributed by atoms with Gasteiger partial charge in [0, 0.05) is 23.4 Å². The third kappa shape index (κ3) is 3.19. The SMILES string of the molecule is O=c1cc(-c2nc(Cl)n(Cc3ccccc3)c2-c2ccccc2)cc[nH]1. The quantitative estimate of drug-likeness (QED) is 0.577. The summed E-state index contributed by atoms with van der Waals surface area (Å²) in [5.74, 6) is 0. The Morgan fingerprint density at radius 1 is 0.923 bits per heavy atom. The topological polar surface area (TPSA) is 50.7 Å². The molecule has 4 aromatic rings. The maximum absolute atomic E-state index is 11.8. The van der Waals surface area contributed by atoms with E-state index in [1.54, 1.807) is 6.20 Å². The van der Waals surface area contributed by atoms with Gasteiger partial charge in [-0.2, -0.15) is 0 Å².